The first-order chi connectivity index (χ1) is 19.7. The van der Waals surface area contributed by atoms with Crippen molar-refractivity contribution < 1.29 is 32.2 Å². The van der Waals surface area contributed by atoms with E-state index in [0.717, 1.165) is 17.4 Å². The van der Waals surface area contributed by atoms with Gasteiger partial charge in [0.1, 0.15) is 11.8 Å². The van der Waals surface area contributed by atoms with Crippen LogP contribution in [0.1, 0.15) is 24.0 Å². The molecule has 2 amide bonds. The van der Waals surface area contributed by atoms with E-state index < -0.39 is 16.1 Å². The van der Waals surface area contributed by atoms with Crippen molar-refractivity contribution in [2.75, 3.05) is 38.1 Å². The van der Waals surface area contributed by atoms with Gasteiger partial charge in [-0.25, -0.2) is 8.42 Å². The number of rotatable bonds is 13. The summed E-state index contributed by atoms with van der Waals surface area (Å²) in [7, 11) is -0.537. The van der Waals surface area contributed by atoms with Crippen molar-refractivity contribution in [3.63, 3.8) is 0 Å². The molecule has 1 aliphatic heterocycles. The quantitative estimate of drug-likeness (QED) is 0.329. The maximum atomic E-state index is 13.8. The molecule has 3 aromatic rings. The van der Waals surface area contributed by atoms with Crippen molar-refractivity contribution >= 4 is 27.5 Å². The Labute approximate surface area is 240 Å². The van der Waals surface area contributed by atoms with Gasteiger partial charge in [0.25, 0.3) is 0 Å². The monoisotopic (exact) mass is 581 g/mol. The summed E-state index contributed by atoms with van der Waals surface area (Å²) in [5, 5.41) is 2.70. The number of likely N-dealkylation sites (N-methyl/N-ethyl adjacent to an activating group) is 1. The van der Waals surface area contributed by atoms with Crippen LogP contribution in [-0.4, -0.2) is 64.9 Å². The molecule has 0 spiro atoms. The summed E-state index contributed by atoms with van der Waals surface area (Å²) in [5.74, 6) is 1.09. The second kappa shape index (κ2) is 13.4. The van der Waals surface area contributed by atoms with Crippen molar-refractivity contribution in [1.82, 2.24) is 10.2 Å². The van der Waals surface area contributed by atoms with Crippen molar-refractivity contribution in [2.24, 2.45) is 0 Å². The number of nitrogens with zero attached hydrogens (tertiary/aromatic N) is 2. The summed E-state index contributed by atoms with van der Waals surface area (Å²) in [4.78, 5) is 28.5. The van der Waals surface area contributed by atoms with E-state index in [4.69, 9.17) is 14.2 Å². The van der Waals surface area contributed by atoms with Gasteiger partial charge < -0.3 is 24.4 Å². The number of ether oxygens (including phenoxy) is 3. The first-order valence-corrected chi connectivity index (χ1v) is 15.1. The fraction of sp³-hybridized carbons (Fsp3) is 0.333. The van der Waals surface area contributed by atoms with Crippen LogP contribution in [0.15, 0.2) is 72.8 Å². The predicted molar refractivity (Wildman–Crippen MR) is 156 cm³/mol. The van der Waals surface area contributed by atoms with E-state index in [9.17, 15) is 18.0 Å². The molecule has 0 saturated heterocycles. The van der Waals surface area contributed by atoms with Crippen LogP contribution in [-0.2, 0) is 32.6 Å². The Morgan fingerprint density at radius 3 is 2.41 bits per heavy atom. The second-order valence-corrected chi connectivity index (χ2v) is 11.6. The lowest BCUT2D eigenvalue weighted by Crippen LogP contribution is -2.49. The topological polar surface area (TPSA) is 114 Å². The minimum Gasteiger partial charge on any atom is -0.497 e. The van der Waals surface area contributed by atoms with Gasteiger partial charge in [0.05, 0.1) is 19.1 Å². The number of nitrogens with one attached hydrogen (secondary N) is 1. The first-order valence-electron chi connectivity index (χ1n) is 13.2. The van der Waals surface area contributed by atoms with Crippen LogP contribution in [0.4, 0.5) is 5.69 Å². The highest BCUT2D eigenvalue weighted by atomic mass is 32.2. The Balaban J connectivity index is 1.56. The second-order valence-electron chi connectivity index (χ2n) is 9.67. The number of amides is 2. The fourth-order valence-electron chi connectivity index (χ4n) is 4.73. The Hall–Kier alpha value is -4.25. The van der Waals surface area contributed by atoms with Gasteiger partial charge in [0.2, 0.25) is 28.6 Å². The number of fused-ring (bicyclic) bond motifs is 1. The molecule has 41 heavy (non-hydrogen) atoms. The summed E-state index contributed by atoms with van der Waals surface area (Å²) in [5.41, 5.74) is 2.14. The third-order valence-electron chi connectivity index (χ3n) is 6.80. The number of carbonyl (C=O) groups excluding carboxylic acids is 2. The lowest BCUT2D eigenvalue weighted by Gasteiger charge is -2.31. The van der Waals surface area contributed by atoms with E-state index in [2.05, 4.69) is 5.32 Å². The Bertz CT molecular complexity index is 1460. The van der Waals surface area contributed by atoms with E-state index in [1.54, 1.807) is 37.3 Å². The molecule has 1 atom stereocenters. The van der Waals surface area contributed by atoms with E-state index in [-0.39, 0.29) is 44.5 Å². The van der Waals surface area contributed by atoms with Gasteiger partial charge >= 0.3 is 0 Å². The summed E-state index contributed by atoms with van der Waals surface area (Å²) in [6.07, 6.45) is 1.71. The van der Waals surface area contributed by atoms with Crippen molar-refractivity contribution in [3.8, 4) is 17.2 Å². The molecule has 0 radical (unpaired) electrons. The summed E-state index contributed by atoms with van der Waals surface area (Å²) >= 11 is 0. The molecule has 1 heterocycles. The van der Waals surface area contributed by atoms with Gasteiger partial charge in [-0.15, -0.1) is 0 Å². The largest absolute Gasteiger partial charge is 0.497 e. The predicted octanol–water partition coefficient (Wildman–Crippen LogP) is 3.36. The molecular weight excluding hydrogens is 546 g/mol. The summed E-state index contributed by atoms with van der Waals surface area (Å²) < 4.78 is 42.7. The number of anilines is 1. The zero-order chi connectivity index (χ0) is 29.4. The van der Waals surface area contributed by atoms with Crippen molar-refractivity contribution in [2.45, 2.75) is 31.8 Å². The van der Waals surface area contributed by atoms with E-state index in [1.807, 2.05) is 54.6 Å². The smallest absolute Gasteiger partial charge is 0.242 e. The maximum absolute atomic E-state index is 13.8. The number of methoxy groups -OCH3 is 1. The van der Waals surface area contributed by atoms with E-state index in [0.29, 0.717) is 29.4 Å². The van der Waals surface area contributed by atoms with Crippen LogP contribution < -0.4 is 23.8 Å². The molecule has 4 rings (SSSR count). The highest BCUT2D eigenvalue weighted by Crippen LogP contribution is 2.36. The number of benzene rings is 3. The zero-order valence-electron chi connectivity index (χ0n) is 23.4. The standard InChI is InChI=1S/C30H35N3O7S/c1-31-30(35)26(18-22-9-5-4-6-10-22)32(20-23-11-7-12-25(17-23)38-2)29(34)13-8-16-33(41(3,36)37)24-14-15-27-28(19-24)40-21-39-27/h4-7,9-12,14-15,17,19,26H,8,13,16,18,20-21H2,1-3H3,(H,31,35)/t26-/m0/s1. The molecule has 11 heteroatoms. The van der Waals surface area contributed by atoms with Crippen LogP contribution in [0.3, 0.4) is 0 Å². The number of hydrogen-bond acceptors (Lipinski definition) is 7. The van der Waals surface area contributed by atoms with Crippen LogP contribution in [0.2, 0.25) is 0 Å². The molecule has 0 saturated carbocycles. The Morgan fingerprint density at radius 2 is 1.71 bits per heavy atom. The van der Waals surface area contributed by atoms with Gasteiger partial charge in [-0.05, 0) is 41.8 Å². The molecule has 3 aromatic carbocycles. The highest BCUT2D eigenvalue weighted by molar-refractivity contribution is 7.92. The Morgan fingerprint density at radius 1 is 0.976 bits per heavy atom. The normalized spacial score (nSPS) is 12.9. The molecule has 0 fully saturated rings. The van der Waals surface area contributed by atoms with Crippen LogP contribution >= 0.6 is 0 Å². The SMILES string of the molecule is CNC(=O)[C@H](Cc1ccccc1)N(Cc1cccc(OC)c1)C(=O)CCCN(c1ccc2c(c1)OCO2)S(C)(=O)=O. The van der Waals surface area contributed by atoms with E-state index >= 15 is 0 Å². The number of hydrogen-bond donors (Lipinski definition) is 1. The average molecular weight is 582 g/mol. The van der Waals surface area contributed by atoms with Crippen LogP contribution in [0.5, 0.6) is 17.2 Å². The molecule has 218 valence electrons. The number of carbonyl (C=O) groups is 2. The van der Waals surface area contributed by atoms with Gasteiger partial charge in [-0.1, -0.05) is 42.5 Å². The molecular formula is C30H35N3O7S. The van der Waals surface area contributed by atoms with Gasteiger partial charge in [-0.2, -0.15) is 0 Å². The lowest BCUT2D eigenvalue weighted by atomic mass is 10.0. The molecule has 10 nitrogen and oxygen atoms in total. The zero-order valence-corrected chi connectivity index (χ0v) is 24.2. The Kier molecular flexibility index (Phi) is 9.72. The third-order valence-corrected chi connectivity index (χ3v) is 7.99. The van der Waals surface area contributed by atoms with Crippen LogP contribution in [0.25, 0.3) is 0 Å². The maximum Gasteiger partial charge on any atom is 0.242 e. The van der Waals surface area contributed by atoms with E-state index in [1.165, 1.54) is 4.31 Å². The summed E-state index contributed by atoms with van der Waals surface area (Å²) in [6.45, 7) is 0.324. The van der Waals surface area contributed by atoms with Crippen molar-refractivity contribution in [1.29, 1.82) is 0 Å². The first kappa shape index (κ1) is 29.7. The molecule has 1 aliphatic rings. The minimum absolute atomic E-state index is 0.0306. The molecule has 0 aromatic heterocycles. The highest BCUT2D eigenvalue weighted by Gasteiger charge is 2.30. The van der Waals surface area contributed by atoms with Gasteiger partial charge in [0, 0.05) is 39.0 Å². The number of sulfonamides is 1. The van der Waals surface area contributed by atoms with Crippen LogP contribution in [0, 0.1) is 0 Å². The fourth-order valence-corrected chi connectivity index (χ4v) is 5.69. The molecule has 1 N–H and O–H groups in total. The van der Waals surface area contributed by atoms with Crippen molar-refractivity contribution in [3.05, 3.63) is 83.9 Å². The third kappa shape index (κ3) is 7.69. The molecule has 0 aliphatic carbocycles. The minimum atomic E-state index is -3.65. The molecule has 0 unspecified atom stereocenters. The average Bonchev–Trinajstić information content (AvgIpc) is 3.44. The summed E-state index contributed by atoms with van der Waals surface area (Å²) in [6, 6.07) is 21.0. The lowest BCUT2D eigenvalue weighted by molar-refractivity contribution is -0.141. The molecule has 0 bridgehead atoms. The van der Waals surface area contributed by atoms with Gasteiger partial charge in [0.15, 0.2) is 11.5 Å². The van der Waals surface area contributed by atoms with Gasteiger partial charge in [-0.3, -0.25) is 13.9 Å².